The number of hydrogen-bond acceptors (Lipinski definition) is 1. The van der Waals surface area contributed by atoms with Crippen molar-refractivity contribution in [3.8, 4) is 0 Å². The Morgan fingerprint density at radius 2 is 2.04 bits per heavy atom. The predicted octanol–water partition coefficient (Wildman–Crippen LogP) is 4.20. The summed E-state index contributed by atoms with van der Waals surface area (Å²) in [6, 6.07) is 8.88. The highest BCUT2D eigenvalue weighted by Crippen LogP contribution is 2.24. The number of nitrogens with zero attached hydrogens (tertiary/aromatic N) is 1. The van der Waals surface area contributed by atoms with E-state index in [1.165, 1.54) is 35.7 Å². The van der Waals surface area contributed by atoms with Crippen LogP contribution in [-0.2, 0) is 18.3 Å². The molecule has 1 aliphatic rings. The molecule has 1 N–H and O–H groups in total. The Morgan fingerprint density at radius 1 is 1.26 bits per heavy atom. The van der Waals surface area contributed by atoms with Crippen LogP contribution < -0.4 is 5.32 Å². The number of carbonyl (C=O) groups excluding carboxylic acids is 1. The number of carbonyl (C=O) groups is 1. The Hall–Kier alpha value is -1.77. The smallest absolute Gasteiger partial charge is 0.220 e. The predicted molar refractivity (Wildman–Crippen MR) is 95.4 cm³/mol. The summed E-state index contributed by atoms with van der Waals surface area (Å²) in [4.78, 5) is 12.2. The lowest BCUT2D eigenvalue weighted by molar-refractivity contribution is -0.122. The third-order valence-electron chi connectivity index (χ3n) is 5.29. The van der Waals surface area contributed by atoms with Crippen molar-refractivity contribution < 1.29 is 4.79 Å². The maximum atomic E-state index is 12.2. The molecule has 124 valence electrons. The SMILES string of the molecule is CC1CCCCC1NC(=O)CCCc1cn(C)c2ccccc12. The Labute approximate surface area is 139 Å². The zero-order valence-electron chi connectivity index (χ0n) is 14.3. The van der Waals surface area contributed by atoms with E-state index in [-0.39, 0.29) is 5.91 Å². The number of aromatic nitrogens is 1. The van der Waals surface area contributed by atoms with Crippen molar-refractivity contribution >= 4 is 16.8 Å². The van der Waals surface area contributed by atoms with Gasteiger partial charge in [-0.3, -0.25) is 4.79 Å². The van der Waals surface area contributed by atoms with E-state index in [0.29, 0.717) is 18.4 Å². The van der Waals surface area contributed by atoms with Crippen LogP contribution in [0.15, 0.2) is 30.5 Å². The highest BCUT2D eigenvalue weighted by molar-refractivity contribution is 5.84. The molecule has 1 aromatic heterocycles. The number of amides is 1. The van der Waals surface area contributed by atoms with E-state index in [9.17, 15) is 4.79 Å². The first-order valence-electron chi connectivity index (χ1n) is 8.97. The molecule has 2 atom stereocenters. The zero-order valence-corrected chi connectivity index (χ0v) is 14.3. The van der Waals surface area contributed by atoms with Crippen LogP contribution in [0.25, 0.3) is 10.9 Å². The highest BCUT2D eigenvalue weighted by Gasteiger charge is 2.22. The third kappa shape index (κ3) is 3.77. The lowest BCUT2D eigenvalue weighted by Gasteiger charge is -2.29. The molecule has 0 aliphatic heterocycles. The van der Waals surface area contributed by atoms with Crippen molar-refractivity contribution in [2.75, 3.05) is 0 Å². The van der Waals surface area contributed by atoms with E-state index < -0.39 is 0 Å². The van der Waals surface area contributed by atoms with Gasteiger partial charge in [0, 0.05) is 36.6 Å². The second-order valence-electron chi connectivity index (χ2n) is 7.07. The van der Waals surface area contributed by atoms with E-state index >= 15 is 0 Å². The van der Waals surface area contributed by atoms with Gasteiger partial charge in [-0.05, 0) is 43.2 Å². The molecule has 1 amide bonds. The average molecular weight is 312 g/mol. The van der Waals surface area contributed by atoms with Gasteiger partial charge in [0.05, 0.1) is 0 Å². The maximum absolute atomic E-state index is 12.2. The lowest BCUT2D eigenvalue weighted by Crippen LogP contribution is -2.40. The molecule has 2 aromatic rings. The summed E-state index contributed by atoms with van der Waals surface area (Å²) in [5, 5.41) is 4.57. The quantitative estimate of drug-likeness (QED) is 0.882. The van der Waals surface area contributed by atoms with Gasteiger partial charge in [0.1, 0.15) is 0 Å². The Morgan fingerprint density at radius 3 is 2.87 bits per heavy atom. The summed E-state index contributed by atoms with van der Waals surface area (Å²) in [6.07, 6.45) is 9.69. The molecule has 2 unspecified atom stereocenters. The van der Waals surface area contributed by atoms with E-state index in [0.717, 1.165) is 19.3 Å². The number of aryl methyl sites for hydroxylation is 2. The molecule has 1 saturated carbocycles. The van der Waals surface area contributed by atoms with Crippen LogP contribution in [0.1, 0.15) is 51.0 Å². The van der Waals surface area contributed by atoms with Crippen LogP contribution in [0.4, 0.5) is 0 Å². The monoisotopic (exact) mass is 312 g/mol. The number of benzene rings is 1. The second kappa shape index (κ2) is 7.20. The van der Waals surface area contributed by atoms with Gasteiger partial charge in [-0.1, -0.05) is 38.0 Å². The molecular weight excluding hydrogens is 284 g/mol. The highest BCUT2D eigenvalue weighted by atomic mass is 16.1. The van der Waals surface area contributed by atoms with Crippen LogP contribution in [0.2, 0.25) is 0 Å². The van der Waals surface area contributed by atoms with Gasteiger partial charge in [0.25, 0.3) is 0 Å². The normalized spacial score (nSPS) is 21.5. The molecule has 1 aromatic carbocycles. The van der Waals surface area contributed by atoms with Crippen molar-refractivity contribution in [2.45, 2.75) is 57.9 Å². The van der Waals surface area contributed by atoms with E-state index in [1.807, 2.05) is 0 Å². The standard InChI is InChI=1S/C20H28N2O/c1-15-8-3-5-11-18(15)21-20(23)13-7-9-16-14-22(2)19-12-6-4-10-17(16)19/h4,6,10,12,14-15,18H,3,5,7-9,11,13H2,1-2H3,(H,21,23). The molecule has 1 aliphatic carbocycles. The van der Waals surface area contributed by atoms with Crippen LogP contribution in [0.5, 0.6) is 0 Å². The molecule has 0 radical (unpaired) electrons. The molecule has 3 nitrogen and oxygen atoms in total. The fourth-order valence-corrected chi connectivity index (χ4v) is 3.87. The summed E-state index contributed by atoms with van der Waals surface area (Å²) in [6.45, 7) is 2.26. The van der Waals surface area contributed by atoms with Gasteiger partial charge in [-0.2, -0.15) is 0 Å². The number of hydrogen-bond donors (Lipinski definition) is 1. The Bertz CT molecular complexity index is 673. The fourth-order valence-electron chi connectivity index (χ4n) is 3.87. The summed E-state index contributed by atoms with van der Waals surface area (Å²) in [7, 11) is 2.09. The summed E-state index contributed by atoms with van der Waals surface area (Å²) in [5.41, 5.74) is 2.62. The first kappa shape index (κ1) is 16.1. The Balaban J connectivity index is 1.51. The van der Waals surface area contributed by atoms with Gasteiger partial charge < -0.3 is 9.88 Å². The van der Waals surface area contributed by atoms with Crippen LogP contribution >= 0.6 is 0 Å². The van der Waals surface area contributed by atoms with Gasteiger partial charge in [0.2, 0.25) is 5.91 Å². The molecule has 0 bridgehead atoms. The molecule has 3 rings (SSSR count). The second-order valence-corrected chi connectivity index (χ2v) is 7.07. The van der Waals surface area contributed by atoms with Crippen LogP contribution in [0.3, 0.4) is 0 Å². The van der Waals surface area contributed by atoms with Gasteiger partial charge >= 0.3 is 0 Å². The van der Waals surface area contributed by atoms with E-state index in [4.69, 9.17) is 0 Å². The first-order chi connectivity index (χ1) is 11.1. The van der Waals surface area contributed by atoms with Crippen molar-refractivity contribution in [1.82, 2.24) is 9.88 Å². The molecule has 3 heteroatoms. The van der Waals surface area contributed by atoms with Crippen molar-refractivity contribution in [2.24, 2.45) is 13.0 Å². The number of rotatable bonds is 5. The Kier molecular flexibility index (Phi) is 5.04. The minimum atomic E-state index is 0.226. The third-order valence-corrected chi connectivity index (χ3v) is 5.29. The number of para-hydroxylation sites is 1. The minimum Gasteiger partial charge on any atom is -0.353 e. The molecule has 1 heterocycles. The molecule has 1 fully saturated rings. The van der Waals surface area contributed by atoms with Crippen molar-refractivity contribution in [3.63, 3.8) is 0 Å². The topological polar surface area (TPSA) is 34.0 Å². The summed E-state index contributed by atoms with van der Waals surface area (Å²) >= 11 is 0. The molecular formula is C20H28N2O. The molecule has 0 saturated heterocycles. The zero-order chi connectivity index (χ0) is 16.2. The van der Waals surface area contributed by atoms with Crippen molar-refractivity contribution in [3.05, 3.63) is 36.0 Å². The van der Waals surface area contributed by atoms with Gasteiger partial charge in [0.15, 0.2) is 0 Å². The number of nitrogens with one attached hydrogen (secondary N) is 1. The molecule has 23 heavy (non-hydrogen) atoms. The first-order valence-corrected chi connectivity index (χ1v) is 8.97. The van der Waals surface area contributed by atoms with E-state index in [1.54, 1.807) is 0 Å². The lowest BCUT2D eigenvalue weighted by atomic mass is 9.86. The largest absolute Gasteiger partial charge is 0.353 e. The minimum absolute atomic E-state index is 0.226. The summed E-state index contributed by atoms with van der Waals surface area (Å²) in [5.74, 6) is 0.856. The fraction of sp³-hybridized carbons (Fsp3) is 0.550. The average Bonchev–Trinajstić information content (AvgIpc) is 2.87. The van der Waals surface area contributed by atoms with Crippen LogP contribution in [-0.4, -0.2) is 16.5 Å². The van der Waals surface area contributed by atoms with Gasteiger partial charge in [-0.25, -0.2) is 0 Å². The summed E-state index contributed by atoms with van der Waals surface area (Å²) < 4.78 is 2.18. The van der Waals surface area contributed by atoms with E-state index in [2.05, 4.69) is 54.3 Å². The van der Waals surface area contributed by atoms with Gasteiger partial charge in [-0.15, -0.1) is 0 Å². The number of fused-ring (bicyclic) bond motifs is 1. The maximum Gasteiger partial charge on any atom is 0.220 e. The van der Waals surface area contributed by atoms with Crippen molar-refractivity contribution in [1.29, 1.82) is 0 Å². The molecule has 0 spiro atoms. The van der Waals surface area contributed by atoms with Crippen LogP contribution in [0, 0.1) is 5.92 Å².